The molecule has 0 spiro atoms. The van der Waals surface area contributed by atoms with Crippen LogP contribution in [0.1, 0.15) is 142 Å². The molecule has 1 fully saturated rings. The van der Waals surface area contributed by atoms with Crippen molar-refractivity contribution in [2.24, 2.45) is 0 Å². The summed E-state index contributed by atoms with van der Waals surface area (Å²) in [4.78, 5) is 0. The fourth-order valence-corrected chi connectivity index (χ4v) is 39.6. The first-order valence-corrected chi connectivity index (χ1v) is 28.3. The highest BCUT2D eigenvalue weighted by molar-refractivity contribution is 6.91. The third-order valence-corrected chi connectivity index (χ3v) is 37.1. The molecule has 1 aliphatic heterocycles. The molecular weight excluding hydrogens is 645 g/mol. The van der Waals surface area contributed by atoms with Gasteiger partial charge in [0.25, 0.3) is 30.0 Å². The molecule has 252 valence electrons. The summed E-state index contributed by atoms with van der Waals surface area (Å²) in [7, 11) is -14.3. The predicted molar refractivity (Wildman–Crippen MR) is 196 cm³/mol. The molecule has 0 amide bonds. The molecule has 0 aromatic heterocycles. The molecule has 0 aromatic rings. The Morgan fingerprint density at radius 3 is 1.29 bits per heavy atom. The van der Waals surface area contributed by atoms with Gasteiger partial charge >= 0.3 is 35.0 Å². The largest absolute Gasteiger partial charge is 0.425 e. The van der Waals surface area contributed by atoms with E-state index in [0.29, 0.717) is 38.8 Å². The van der Waals surface area contributed by atoms with E-state index in [0.717, 1.165) is 44.9 Å². The lowest BCUT2D eigenvalue weighted by molar-refractivity contribution is 0.213. The van der Waals surface area contributed by atoms with Gasteiger partial charge in [-0.1, -0.05) is 142 Å². The second-order valence-electron chi connectivity index (χ2n) is 13.2. The Morgan fingerprint density at radius 1 is 0.476 bits per heavy atom. The van der Waals surface area contributed by atoms with Gasteiger partial charge in [-0.25, -0.2) is 0 Å². The van der Waals surface area contributed by atoms with Crippen LogP contribution in [0.5, 0.6) is 0 Å². The van der Waals surface area contributed by atoms with Crippen LogP contribution < -0.4 is 0 Å². The molecule has 0 aliphatic carbocycles. The van der Waals surface area contributed by atoms with Crippen molar-refractivity contribution in [1.29, 1.82) is 0 Å². The SMILES string of the molecule is CCC(C)[SiH]1O[SiH2]O[SiH2]O[SiH2]O[Si](C(C)CC)(C(C)CC)O[Si](C(C)CC)(C(C)CC)O[Si](C(C)CC)(C(C)CC)O1. The van der Waals surface area contributed by atoms with E-state index >= 15 is 0 Å². The summed E-state index contributed by atoms with van der Waals surface area (Å²) < 4.78 is 50.0. The quantitative estimate of drug-likeness (QED) is 0.176. The van der Waals surface area contributed by atoms with Crippen molar-refractivity contribution in [3.8, 4) is 0 Å². The molecule has 8 unspecified atom stereocenters. The first-order chi connectivity index (χ1) is 19.9. The molecule has 42 heavy (non-hydrogen) atoms. The van der Waals surface area contributed by atoms with Crippen LogP contribution in [0.25, 0.3) is 0 Å². The highest BCUT2D eigenvalue weighted by atomic mass is 28.5. The lowest BCUT2D eigenvalue weighted by atomic mass is 10.3. The summed E-state index contributed by atoms with van der Waals surface area (Å²) in [6.07, 6.45) is 7.21. The van der Waals surface area contributed by atoms with Crippen molar-refractivity contribution in [2.45, 2.75) is 181 Å². The number of rotatable bonds is 14. The van der Waals surface area contributed by atoms with Gasteiger partial charge in [0.2, 0.25) is 0 Å². The Hall–Kier alpha value is 1.24. The summed E-state index contributed by atoms with van der Waals surface area (Å²) in [5.41, 5.74) is 2.34. The van der Waals surface area contributed by atoms with Gasteiger partial charge in [-0.15, -0.1) is 0 Å². The molecule has 1 rings (SSSR count). The van der Waals surface area contributed by atoms with Gasteiger partial charge < -0.3 is 28.8 Å². The second-order valence-corrected chi connectivity index (χ2v) is 34.3. The number of hydrogen-bond donors (Lipinski definition) is 0. The van der Waals surface area contributed by atoms with E-state index in [1.807, 2.05) is 0 Å². The van der Waals surface area contributed by atoms with Crippen molar-refractivity contribution < 1.29 is 28.8 Å². The zero-order valence-electron chi connectivity index (χ0n) is 30.0. The maximum Gasteiger partial charge on any atom is 0.326 e. The zero-order valence-corrected chi connectivity index (χ0v) is 38.4. The van der Waals surface area contributed by atoms with E-state index in [2.05, 4.69) is 96.9 Å². The van der Waals surface area contributed by atoms with Gasteiger partial charge in [0.15, 0.2) is 0 Å². The standard InChI is InChI=1S/C28H70O7Si7/c1-15-22(8)39-31-37-29-36-30-38-32-40(23(9)16-2,24(10)17-3)34-42(27(13)20-6,28(14)21-7)35-41(33-39,25(11)18-4)26(12)19-5/h22-28,39H,15-21,36-38H2,1-14H3. The van der Waals surface area contributed by atoms with Crippen LogP contribution in [0, 0.1) is 0 Å². The van der Waals surface area contributed by atoms with Crippen LogP contribution >= 0.6 is 0 Å². The van der Waals surface area contributed by atoms with Crippen molar-refractivity contribution in [1.82, 2.24) is 0 Å². The molecule has 0 bridgehead atoms. The molecule has 0 aromatic carbocycles. The van der Waals surface area contributed by atoms with E-state index in [9.17, 15) is 0 Å². The number of hydrogen-bond acceptors (Lipinski definition) is 7. The highest BCUT2D eigenvalue weighted by Gasteiger charge is 2.63. The van der Waals surface area contributed by atoms with Gasteiger partial charge in [0.05, 0.1) is 0 Å². The third-order valence-electron chi connectivity index (χ3n) is 10.7. The Balaban J connectivity index is 4.19. The van der Waals surface area contributed by atoms with Gasteiger partial charge in [-0.2, -0.15) is 0 Å². The van der Waals surface area contributed by atoms with E-state index in [4.69, 9.17) is 28.8 Å². The maximum atomic E-state index is 8.15. The molecule has 7 nitrogen and oxygen atoms in total. The Bertz CT molecular complexity index is 711. The molecule has 1 aliphatic rings. The van der Waals surface area contributed by atoms with Crippen LogP contribution in [0.2, 0.25) is 38.8 Å². The van der Waals surface area contributed by atoms with Crippen LogP contribution in [-0.2, 0) is 28.8 Å². The van der Waals surface area contributed by atoms with Crippen molar-refractivity contribution in [2.75, 3.05) is 0 Å². The highest BCUT2D eigenvalue weighted by Crippen LogP contribution is 2.52. The van der Waals surface area contributed by atoms with Crippen LogP contribution in [0.3, 0.4) is 0 Å². The van der Waals surface area contributed by atoms with Crippen molar-refractivity contribution >= 4 is 65.0 Å². The molecular formula is C28H70O7Si7. The van der Waals surface area contributed by atoms with Gasteiger partial charge in [0, 0.05) is 0 Å². The maximum absolute atomic E-state index is 8.15. The van der Waals surface area contributed by atoms with Gasteiger partial charge in [-0.3, -0.25) is 0 Å². The monoisotopic (exact) mass is 714 g/mol. The Labute approximate surface area is 273 Å². The second kappa shape index (κ2) is 19.8. The van der Waals surface area contributed by atoms with E-state index in [-0.39, 0.29) is 0 Å². The third kappa shape index (κ3) is 9.64. The van der Waals surface area contributed by atoms with Crippen molar-refractivity contribution in [3.05, 3.63) is 0 Å². The van der Waals surface area contributed by atoms with Gasteiger partial charge in [-0.05, 0) is 38.8 Å². The fourth-order valence-electron chi connectivity index (χ4n) is 6.12. The molecule has 0 saturated carbocycles. The molecule has 0 radical (unpaired) electrons. The van der Waals surface area contributed by atoms with E-state index in [1.165, 1.54) is 0 Å². The predicted octanol–water partition coefficient (Wildman–Crippen LogP) is 7.26. The lowest BCUT2D eigenvalue weighted by Gasteiger charge is -2.55. The summed E-state index contributed by atoms with van der Waals surface area (Å²) in [6.45, 7) is 32.7. The Kier molecular flexibility index (Phi) is 19.4. The average Bonchev–Trinajstić information content (AvgIpc) is 3.02. The molecule has 14 heteroatoms. The van der Waals surface area contributed by atoms with Crippen LogP contribution in [-0.4, -0.2) is 65.0 Å². The molecule has 1 heterocycles. The van der Waals surface area contributed by atoms with Crippen molar-refractivity contribution in [3.63, 3.8) is 0 Å². The summed E-state index contributed by atoms with van der Waals surface area (Å²) in [5.74, 6) is 0. The Morgan fingerprint density at radius 2 is 0.857 bits per heavy atom. The normalized spacial score (nSPS) is 35.7. The molecule has 8 atom stereocenters. The smallest absolute Gasteiger partial charge is 0.326 e. The molecule has 0 N–H and O–H groups in total. The fraction of sp³-hybridized carbons (Fsp3) is 1.00. The van der Waals surface area contributed by atoms with E-state index in [1.54, 1.807) is 0 Å². The van der Waals surface area contributed by atoms with Crippen LogP contribution in [0.4, 0.5) is 0 Å². The minimum Gasteiger partial charge on any atom is -0.425 e. The zero-order chi connectivity index (χ0) is 32.1. The topological polar surface area (TPSA) is 64.6 Å². The first kappa shape index (κ1) is 41.3. The van der Waals surface area contributed by atoms with Crippen LogP contribution in [0.15, 0.2) is 0 Å². The lowest BCUT2D eigenvalue weighted by Crippen LogP contribution is -2.68. The summed E-state index contributed by atoms with van der Waals surface area (Å²) in [6, 6.07) is 0. The first-order valence-electron chi connectivity index (χ1n) is 17.3. The molecule has 1 saturated heterocycles. The summed E-state index contributed by atoms with van der Waals surface area (Å²) >= 11 is 0. The average molecular weight is 715 g/mol. The van der Waals surface area contributed by atoms with Gasteiger partial charge in [0.1, 0.15) is 0 Å². The van der Waals surface area contributed by atoms with E-state index < -0.39 is 65.0 Å². The minimum atomic E-state index is -2.96. The minimum absolute atomic E-state index is 0.312. The summed E-state index contributed by atoms with van der Waals surface area (Å²) in [5, 5.41) is 0.